The van der Waals surface area contributed by atoms with Crippen molar-refractivity contribution in [2.45, 2.75) is 71.8 Å². The molecule has 1 N–H and O–H groups in total. The van der Waals surface area contributed by atoms with Crippen LogP contribution in [0.2, 0.25) is 0 Å². The summed E-state index contributed by atoms with van der Waals surface area (Å²) in [6.07, 6.45) is 6.04. The van der Waals surface area contributed by atoms with Gasteiger partial charge in [0.1, 0.15) is 0 Å². The van der Waals surface area contributed by atoms with Crippen LogP contribution in [0.5, 0.6) is 0 Å². The zero-order valence-corrected chi connectivity index (χ0v) is 16.3. The highest BCUT2D eigenvalue weighted by atomic mass is 16.5. The van der Waals surface area contributed by atoms with E-state index in [1.165, 1.54) is 6.92 Å². The Labute approximate surface area is 156 Å². The second-order valence-electron chi connectivity index (χ2n) is 10.0. The smallest absolute Gasteiger partial charge is 0.302 e. The summed E-state index contributed by atoms with van der Waals surface area (Å²) in [7, 11) is 0. The topological polar surface area (TPSA) is 63.6 Å². The van der Waals surface area contributed by atoms with Crippen molar-refractivity contribution in [1.82, 2.24) is 0 Å². The Kier molecular flexibility index (Phi) is 3.97. The molecule has 0 aromatic heterocycles. The number of hydrogen-bond acceptors (Lipinski definition) is 4. The van der Waals surface area contributed by atoms with E-state index >= 15 is 0 Å². The third-order valence-corrected chi connectivity index (χ3v) is 8.77. The van der Waals surface area contributed by atoms with Gasteiger partial charge in [0, 0.05) is 12.3 Å². The average Bonchev–Trinajstić information content (AvgIpc) is 2.77. The van der Waals surface area contributed by atoms with Gasteiger partial charge in [0.05, 0.1) is 18.1 Å². The minimum Gasteiger partial charge on any atom is -0.465 e. The number of fused-ring (bicyclic) bond motifs is 3. The fourth-order valence-corrected chi connectivity index (χ4v) is 7.61. The molecule has 26 heavy (non-hydrogen) atoms. The summed E-state index contributed by atoms with van der Waals surface area (Å²) in [4.78, 5) is 24.6. The van der Waals surface area contributed by atoms with Gasteiger partial charge in [-0.25, -0.2) is 0 Å². The molecule has 2 bridgehead atoms. The predicted molar refractivity (Wildman–Crippen MR) is 98.2 cm³/mol. The maximum absolute atomic E-state index is 13.2. The van der Waals surface area contributed by atoms with Crippen molar-refractivity contribution in [3.8, 4) is 0 Å². The van der Waals surface area contributed by atoms with Gasteiger partial charge in [-0.3, -0.25) is 9.59 Å². The van der Waals surface area contributed by atoms with Gasteiger partial charge in [-0.15, -0.1) is 0 Å². The highest BCUT2D eigenvalue weighted by Crippen LogP contribution is 2.71. The number of carbonyl (C=O) groups excluding carboxylic acids is 2. The van der Waals surface area contributed by atoms with E-state index in [1.54, 1.807) is 0 Å². The first-order valence-electron chi connectivity index (χ1n) is 10.2. The first-order chi connectivity index (χ1) is 12.1. The van der Waals surface area contributed by atoms with Crippen molar-refractivity contribution in [3.63, 3.8) is 0 Å². The van der Waals surface area contributed by atoms with Crippen molar-refractivity contribution in [2.24, 2.45) is 34.0 Å². The number of carbonyl (C=O) groups is 2. The molecule has 4 aliphatic carbocycles. The second kappa shape index (κ2) is 5.67. The highest BCUT2D eigenvalue weighted by molar-refractivity contribution is 6.03. The van der Waals surface area contributed by atoms with Crippen LogP contribution < -0.4 is 0 Å². The summed E-state index contributed by atoms with van der Waals surface area (Å²) < 4.78 is 5.45. The van der Waals surface area contributed by atoms with Gasteiger partial charge in [0.25, 0.3) is 0 Å². The second-order valence-corrected chi connectivity index (χ2v) is 10.0. The maximum atomic E-state index is 13.2. The summed E-state index contributed by atoms with van der Waals surface area (Å²) in [6.45, 7) is 10.5. The molecule has 4 aliphatic rings. The van der Waals surface area contributed by atoms with E-state index < -0.39 is 11.5 Å². The van der Waals surface area contributed by atoms with E-state index in [0.717, 1.165) is 44.1 Å². The van der Waals surface area contributed by atoms with E-state index in [2.05, 4.69) is 20.4 Å². The SMILES string of the molecule is C=C1C(=O)[C@]23C[C@H]1CCC2[C@]1(C)CCC[C@](C)(COC(C)=O)C1C[C@H]3O. The quantitative estimate of drug-likeness (QED) is 0.603. The Morgan fingerprint density at radius 2 is 2.00 bits per heavy atom. The molecular formula is C22H32O4. The maximum Gasteiger partial charge on any atom is 0.302 e. The van der Waals surface area contributed by atoms with Gasteiger partial charge in [-0.1, -0.05) is 26.8 Å². The lowest BCUT2D eigenvalue weighted by Crippen LogP contribution is -2.64. The van der Waals surface area contributed by atoms with Gasteiger partial charge < -0.3 is 9.84 Å². The normalized spacial score (nSPS) is 50.2. The Morgan fingerprint density at radius 3 is 2.69 bits per heavy atom. The monoisotopic (exact) mass is 360 g/mol. The number of allylic oxidation sites excluding steroid dienone is 1. The van der Waals surface area contributed by atoms with Crippen LogP contribution in [0.4, 0.5) is 0 Å². The number of aliphatic hydroxyl groups is 1. The van der Waals surface area contributed by atoms with Crippen LogP contribution >= 0.6 is 0 Å². The first kappa shape index (κ1) is 18.2. The number of rotatable bonds is 2. The zero-order valence-electron chi connectivity index (χ0n) is 16.3. The summed E-state index contributed by atoms with van der Waals surface area (Å²) in [5, 5.41) is 11.3. The third-order valence-electron chi connectivity index (χ3n) is 8.77. The number of Topliss-reactive ketones (excluding diaryl/α,β-unsaturated/α-hetero) is 1. The summed E-state index contributed by atoms with van der Waals surface area (Å²) in [6, 6.07) is 0. The van der Waals surface area contributed by atoms with Crippen LogP contribution in [0.15, 0.2) is 12.2 Å². The van der Waals surface area contributed by atoms with Gasteiger partial charge in [-0.05, 0) is 67.3 Å². The number of hydrogen-bond donors (Lipinski definition) is 1. The molecular weight excluding hydrogens is 328 g/mol. The predicted octanol–water partition coefficient (Wildman–Crippen LogP) is 3.67. The van der Waals surface area contributed by atoms with Gasteiger partial charge in [-0.2, -0.15) is 0 Å². The van der Waals surface area contributed by atoms with Crippen LogP contribution in [0, 0.1) is 34.0 Å². The molecule has 4 nitrogen and oxygen atoms in total. The third kappa shape index (κ3) is 2.17. The molecule has 0 saturated heterocycles. The fraction of sp³-hybridized carbons (Fsp3) is 0.818. The number of ketones is 1. The molecule has 0 aromatic carbocycles. The van der Waals surface area contributed by atoms with E-state index in [9.17, 15) is 14.7 Å². The molecule has 4 rings (SSSR count). The van der Waals surface area contributed by atoms with Crippen LogP contribution in [0.1, 0.15) is 65.7 Å². The van der Waals surface area contributed by atoms with Gasteiger partial charge >= 0.3 is 5.97 Å². The number of aliphatic hydroxyl groups excluding tert-OH is 1. The molecule has 0 amide bonds. The molecule has 1 spiro atoms. The molecule has 0 aromatic rings. The molecule has 4 saturated carbocycles. The average molecular weight is 360 g/mol. The zero-order chi connectivity index (χ0) is 18.9. The molecule has 0 aliphatic heterocycles. The standard InChI is InChI=1S/C22H32O4/c1-13-15-6-7-16-21(4)9-5-8-20(3,12-26-14(2)23)17(21)10-18(24)22(16,11-15)19(13)25/h15-18,24H,1,5-12H2,2-4H3/t15-,16?,17?,18-,20-,21+,22-/m1/s1. The summed E-state index contributed by atoms with van der Waals surface area (Å²) in [5.41, 5.74) is 0.0337. The van der Waals surface area contributed by atoms with Crippen molar-refractivity contribution >= 4 is 11.8 Å². The van der Waals surface area contributed by atoms with Crippen molar-refractivity contribution in [2.75, 3.05) is 6.61 Å². The highest BCUT2D eigenvalue weighted by Gasteiger charge is 2.70. The van der Waals surface area contributed by atoms with E-state index in [0.29, 0.717) is 13.0 Å². The van der Waals surface area contributed by atoms with E-state index in [1.807, 2.05) is 0 Å². The Morgan fingerprint density at radius 1 is 1.27 bits per heavy atom. The van der Waals surface area contributed by atoms with E-state index in [-0.39, 0.29) is 40.3 Å². The van der Waals surface area contributed by atoms with Crippen LogP contribution in [-0.4, -0.2) is 29.6 Å². The minimum absolute atomic E-state index is 0.0115. The largest absolute Gasteiger partial charge is 0.465 e. The van der Waals surface area contributed by atoms with Crippen LogP contribution in [-0.2, 0) is 14.3 Å². The number of ether oxygens (including phenoxy) is 1. The summed E-state index contributed by atoms with van der Waals surface area (Å²) in [5.74, 6) is 0.652. The molecule has 4 fully saturated rings. The number of esters is 1. The fourth-order valence-electron chi connectivity index (χ4n) is 7.61. The molecule has 0 radical (unpaired) electrons. The lowest BCUT2D eigenvalue weighted by atomic mass is 9.40. The van der Waals surface area contributed by atoms with Crippen molar-refractivity contribution in [1.29, 1.82) is 0 Å². The Bertz CT molecular complexity index is 669. The van der Waals surface area contributed by atoms with E-state index in [4.69, 9.17) is 4.74 Å². The van der Waals surface area contributed by atoms with Gasteiger partial charge in [0.2, 0.25) is 0 Å². The van der Waals surface area contributed by atoms with Crippen LogP contribution in [0.25, 0.3) is 0 Å². The van der Waals surface area contributed by atoms with Crippen LogP contribution in [0.3, 0.4) is 0 Å². The molecule has 144 valence electrons. The first-order valence-corrected chi connectivity index (χ1v) is 10.2. The molecule has 4 heteroatoms. The minimum atomic E-state index is -0.606. The van der Waals surface area contributed by atoms with Crippen molar-refractivity contribution in [3.05, 3.63) is 12.2 Å². The van der Waals surface area contributed by atoms with Crippen molar-refractivity contribution < 1.29 is 19.4 Å². The Hall–Kier alpha value is -1.16. The van der Waals surface area contributed by atoms with Gasteiger partial charge in [0.15, 0.2) is 5.78 Å². The molecule has 2 unspecified atom stereocenters. The molecule has 7 atom stereocenters. The Balaban J connectivity index is 1.74. The summed E-state index contributed by atoms with van der Waals surface area (Å²) >= 11 is 0. The molecule has 0 heterocycles. The lowest BCUT2D eigenvalue weighted by Gasteiger charge is -2.64. The lowest BCUT2D eigenvalue weighted by molar-refractivity contribution is -0.207.